The molecule has 0 aromatic carbocycles. The van der Waals surface area contributed by atoms with E-state index in [4.69, 9.17) is 42.9 Å². The molecule has 0 bridgehead atoms. The molecule has 1 aliphatic heterocycles. The number of nitrogens with two attached hydrogens (primary N) is 5. The lowest BCUT2D eigenvalue weighted by Gasteiger charge is -2.46. The van der Waals surface area contributed by atoms with Gasteiger partial charge in [0, 0.05) is 44.4 Å². The molecule has 15 nitrogen and oxygen atoms in total. The Morgan fingerprint density at radius 2 is 1.85 bits per heavy atom. The highest BCUT2D eigenvalue weighted by atomic mass is 16.7. The number of aliphatic hydroxyl groups excluding tert-OH is 3. The second-order valence-corrected chi connectivity index (χ2v) is 10.4. The summed E-state index contributed by atoms with van der Waals surface area (Å²) >= 11 is 0. The first-order chi connectivity index (χ1) is 18.6. The Labute approximate surface area is 228 Å². The van der Waals surface area contributed by atoms with Crippen molar-refractivity contribution in [2.75, 3.05) is 19.7 Å². The smallest absolute Gasteiger partial charge is 0.237 e. The van der Waals surface area contributed by atoms with Crippen LogP contribution >= 0.6 is 0 Å². The molecule has 2 heterocycles. The molecule has 1 aromatic rings. The van der Waals surface area contributed by atoms with Crippen LogP contribution in [0.1, 0.15) is 37.8 Å². The van der Waals surface area contributed by atoms with Gasteiger partial charge in [-0.05, 0) is 19.3 Å². The molecule has 0 radical (unpaired) electrons. The van der Waals surface area contributed by atoms with E-state index < -0.39 is 67.1 Å². The normalized spacial score (nSPS) is 36.0. The van der Waals surface area contributed by atoms with Gasteiger partial charge >= 0.3 is 0 Å². The summed E-state index contributed by atoms with van der Waals surface area (Å²) in [6, 6.07) is -2.96. The van der Waals surface area contributed by atoms with Crippen molar-refractivity contribution in [1.82, 2.24) is 15.3 Å². The average molecular weight is 559 g/mol. The summed E-state index contributed by atoms with van der Waals surface area (Å²) < 4.78 is 17.6. The van der Waals surface area contributed by atoms with Crippen molar-refractivity contribution in [2.45, 2.75) is 106 Å². The SMILES string of the molecule is NCC1OC(OC2C(N)CC(N)C(O)C2O)C(N)C(O)C1OCCCCCCNC(=O)C(N)Cc1c[nH]cn1. The molecule has 1 saturated heterocycles. The number of nitrogens with zero attached hydrogens (tertiary/aromatic N) is 1. The van der Waals surface area contributed by atoms with Crippen molar-refractivity contribution in [3.05, 3.63) is 18.2 Å². The predicted octanol–water partition coefficient (Wildman–Crippen LogP) is -4.12. The molecule has 224 valence electrons. The molecule has 2 aliphatic rings. The third kappa shape index (κ3) is 8.61. The number of ether oxygens (including phenoxy) is 3. The summed E-state index contributed by atoms with van der Waals surface area (Å²) in [6.07, 6.45) is -0.0954. The minimum Gasteiger partial charge on any atom is -0.389 e. The number of unbranched alkanes of at least 4 members (excludes halogenated alkanes) is 3. The van der Waals surface area contributed by atoms with Gasteiger partial charge in [0.05, 0.1) is 30.2 Å². The zero-order valence-electron chi connectivity index (χ0n) is 22.2. The standard InChI is InChI=1S/C24H46N8O7/c25-9-16-22(19(34)17(29)24(38-16)39-21-14(27)8-13(26)18(33)20(21)35)37-6-4-2-1-3-5-31-23(36)15(28)7-12-10-30-11-32-12/h10-11,13-22,24,33-35H,1-9,25-29H2,(H,30,32)(H,31,36). The topological polar surface area (TPSA) is 276 Å². The summed E-state index contributed by atoms with van der Waals surface area (Å²) in [7, 11) is 0. The second-order valence-electron chi connectivity index (χ2n) is 10.4. The Morgan fingerprint density at radius 1 is 1.10 bits per heavy atom. The number of aromatic nitrogens is 2. The summed E-state index contributed by atoms with van der Waals surface area (Å²) in [5, 5.41) is 34.2. The van der Waals surface area contributed by atoms with Crippen molar-refractivity contribution in [3.63, 3.8) is 0 Å². The second kappa shape index (κ2) is 15.3. The summed E-state index contributed by atoms with van der Waals surface area (Å²) in [4.78, 5) is 19.0. The number of hydrogen-bond donors (Lipinski definition) is 10. The van der Waals surface area contributed by atoms with Gasteiger partial charge in [-0.3, -0.25) is 4.79 Å². The molecule has 2 fully saturated rings. The molecule has 3 rings (SSSR count). The lowest BCUT2D eigenvalue weighted by atomic mass is 9.84. The molecule has 15 N–H and O–H groups in total. The van der Waals surface area contributed by atoms with Gasteiger partial charge in [0.1, 0.15) is 30.5 Å². The van der Waals surface area contributed by atoms with Gasteiger partial charge in [-0.25, -0.2) is 4.98 Å². The van der Waals surface area contributed by atoms with Crippen LogP contribution in [0.2, 0.25) is 0 Å². The van der Waals surface area contributed by atoms with Gasteiger partial charge in [-0.15, -0.1) is 0 Å². The van der Waals surface area contributed by atoms with Crippen LogP contribution in [0.4, 0.5) is 0 Å². The molecule has 1 aromatic heterocycles. The van der Waals surface area contributed by atoms with Gasteiger partial charge in [0.25, 0.3) is 0 Å². The zero-order valence-corrected chi connectivity index (χ0v) is 22.2. The van der Waals surface area contributed by atoms with Crippen molar-refractivity contribution in [3.8, 4) is 0 Å². The first-order valence-corrected chi connectivity index (χ1v) is 13.6. The van der Waals surface area contributed by atoms with Crippen LogP contribution < -0.4 is 34.0 Å². The summed E-state index contributed by atoms with van der Waals surface area (Å²) in [6.45, 7) is 0.928. The number of nitrogens with one attached hydrogen (secondary N) is 2. The van der Waals surface area contributed by atoms with E-state index in [0.29, 0.717) is 19.6 Å². The van der Waals surface area contributed by atoms with Crippen LogP contribution in [0.25, 0.3) is 0 Å². The number of aliphatic hydroxyl groups is 3. The first kappa shape index (κ1) is 31.8. The maximum absolute atomic E-state index is 12.1. The number of aromatic amines is 1. The van der Waals surface area contributed by atoms with E-state index in [1.807, 2.05) is 0 Å². The van der Waals surface area contributed by atoms with Gasteiger partial charge < -0.3 is 68.5 Å². The molecule has 1 amide bonds. The van der Waals surface area contributed by atoms with Gasteiger partial charge in [0.15, 0.2) is 6.29 Å². The number of hydrogen-bond acceptors (Lipinski definition) is 13. The number of rotatable bonds is 14. The van der Waals surface area contributed by atoms with Crippen LogP contribution in [-0.4, -0.2) is 118 Å². The molecule has 1 saturated carbocycles. The van der Waals surface area contributed by atoms with Gasteiger partial charge in [-0.1, -0.05) is 12.8 Å². The molecule has 11 unspecified atom stereocenters. The lowest BCUT2D eigenvalue weighted by molar-refractivity contribution is -0.293. The van der Waals surface area contributed by atoms with Crippen LogP contribution in [0.15, 0.2) is 12.5 Å². The zero-order chi connectivity index (χ0) is 28.5. The Bertz CT molecular complexity index is 850. The van der Waals surface area contributed by atoms with E-state index in [-0.39, 0.29) is 18.9 Å². The van der Waals surface area contributed by atoms with E-state index in [9.17, 15) is 20.1 Å². The maximum Gasteiger partial charge on any atom is 0.237 e. The van der Waals surface area contributed by atoms with E-state index in [1.54, 1.807) is 12.5 Å². The third-order valence-electron chi connectivity index (χ3n) is 7.34. The predicted molar refractivity (Wildman–Crippen MR) is 141 cm³/mol. The third-order valence-corrected chi connectivity index (χ3v) is 7.34. The van der Waals surface area contributed by atoms with E-state index in [0.717, 1.165) is 31.4 Å². The maximum atomic E-state index is 12.1. The molecule has 1 aliphatic carbocycles. The van der Waals surface area contributed by atoms with Gasteiger partial charge in [0.2, 0.25) is 5.91 Å². The quantitative estimate of drug-likeness (QED) is 0.0973. The van der Waals surface area contributed by atoms with Crippen LogP contribution in [-0.2, 0) is 25.4 Å². The van der Waals surface area contributed by atoms with Crippen LogP contribution in [0.5, 0.6) is 0 Å². The Hall–Kier alpha value is -1.76. The van der Waals surface area contributed by atoms with E-state index in [2.05, 4.69) is 15.3 Å². The van der Waals surface area contributed by atoms with Gasteiger partial charge in [-0.2, -0.15) is 0 Å². The van der Waals surface area contributed by atoms with E-state index in [1.165, 1.54) is 0 Å². The number of carbonyl (C=O) groups is 1. The number of carbonyl (C=O) groups excluding carboxylic acids is 1. The highest BCUT2D eigenvalue weighted by molar-refractivity contribution is 5.81. The monoisotopic (exact) mass is 558 g/mol. The molecular weight excluding hydrogens is 512 g/mol. The summed E-state index contributed by atoms with van der Waals surface area (Å²) in [5.74, 6) is -0.209. The number of imidazole rings is 1. The van der Waals surface area contributed by atoms with Crippen LogP contribution in [0.3, 0.4) is 0 Å². The fourth-order valence-electron chi connectivity index (χ4n) is 4.95. The Balaban J connectivity index is 1.34. The van der Waals surface area contributed by atoms with E-state index >= 15 is 0 Å². The fourth-order valence-corrected chi connectivity index (χ4v) is 4.95. The van der Waals surface area contributed by atoms with Crippen LogP contribution in [0, 0.1) is 0 Å². The van der Waals surface area contributed by atoms with Crippen molar-refractivity contribution < 1.29 is 34.3 Å². The van der Waals surface area contributed by atoms with Crippen molar-refractivity contribution in [1.29, 1.82) is 0 Å². The highest BCUT2D eigenvalue weighted by Crippen LogP contribution is 2.28. The molecule has 11 atom stereocenters. The molecular formula is C24H46N8O7. The summed E-state index contributed by atoms with van der Waals surface area (Å²) in [5.41, 5.74) is 30.6. The molecule has 39 heavy (non-hydrogen) atoms. The fraction of sp³-hybridized carbons (Fsp3) is 0.833. The number of amides is 1. The lowest BCUT2D eigenvalue weighted by Crippen LogP contribution is -2.67. The minimum absolute atomic E-state index is 0.0447. The largest absolute Gasteiger partial charge is 0.389 e. The van der Waals surface area contributed by atoms with Crippen molar-refractivity contribution >= 4 is 5.91 Å². The Kier molecular flexibility index (Phi) is 12.5. The first-order valence-electron chi connectivity index (χ1n) is 13.6. The minimum atomic E-state index is -1.33. The number of H-pyrrole nitrogens is 1. The average Bonchev–Trinajstić information content (AvgIpc) is 3.42. The molecule has 0 spiro atoms. The Morgan fingerprint density at radius 3 is 2.54 bits per heavy atom. The highest BCUT2D eigenvalue weighted by Gasteiger charge is 2.48. The molecule has 15 heteroatoms. The van der Waals surface area contributed by atoms with Crippen molar-refractivity contribution in [2.24, 2.45) is 28.7 Å².